The molecule has 0 bridgehead atoms. The average Bonchev–Trinajstić information content (AvgIpc) is 3.05. The van der Waals surface area contributed by atoms with Gasteiger partial charge in [-0.05, 0) is 43.5 Å². The minimum Gasteiger partial charge on any atom is -0.358 e. The lowest BCUT2D eigenvalue weighted by molar-refractivity contribution is -0.139. The van der Waals surface area contributed by atoms with Crippen molar-refractivity contribution in [2.45, 2.75) is 51.0 Å². The Labute approximate surface area is 155 Å². The minimum atomic E-state index is -0.886. The van der Waals surface area contributed by atoms with Crippen LogP contribution in [0.5, 0.6) is 0 Å². The monoisotopic (exact) mass is 372 g/mol. The van der Waals surface area contributed by atoms with Crippen LogP contribution in [0.3, 0.4) is 0 Å². The largest absolute Gasteiger partial charge is 0.358 e. The van der Waals surface area contributed by atoms with Crippen molar-refractivity contribution < 1.29 is 18.8 Å². The molecule has 27 heavy (non-hydrogen) atoms. The van der Waals surface area contributed by atoms with Gasteiger partial charge in [0.1, 0.15) is 11.4 Å². The van der Waals surface area contributed by atoms with Crippen LogP contribution in [0.15, 0.2) is 18.2 Å². The third-order valence-corrected chi connectivity index (χ3v) is 5.52. The number of halogens is 1. The molecule has 1 spiro atoms. The number of hydrazine groups is 1. The van der Waals surface area contributed by atoms with Gasteiger partial charge in [0.05, 0.1) is 6.42 Å². The Kier molecular flexibility index (Phi) is 4.13. The van der Waals surface area contributed by atoms with Gasteiger partial charge in [-0.3, -0.25) is 15.0 Å². The summed E-state index contributed by atoms with van der Waals surface area (Å²) in [6.45, 7) is 1.80. The van der Waals surface area contributed by atoms with Crippen molar-refractivity contribution in [3.63, 3.8) is 0 Å². The van der Waals surface area contributed by atoms with E-state index in [2.05, 4.69) is 15.7 Å². The predicted octanol–water partition coefficient (Wildman–Crippen LogP) is 2.44. The van der Waals surface area contributed by atoms with Crippen LogP contribution in [0, 0.1) is 12.7 Å². The molecule has 4 rings (SSSR count). The number of urea groups is 1. The summed E-state index contributed by atoms with van der Waals surface area (Å²) in [6, 6.07) is 3.73. The zero-order chi connectivity index (χ0) is 19.2. The van der Waals surface area contributed by atoms with Gasteiger partial charge in [-0.25, -0.2) is 9.18 Å². The number of aromatic amines is 1. The van der Waals surface area contributed by atoms with Crippen LogP contribution in [0.1, 0.15) is 43.4 Å². The van der Waals surface area contributed by atoms with E-state index in [4.69, 9.17) is 0 Å². The fraction of sp³-hybridized carbons (Fsp3) is 0.421. The zero-order valence-corrected chi connectivity index (χ0v) is 15.0. The fourth-order valence-corrected chi connectivity index (χ4v) is 4.12. The first-order chi connectivity index (χ1) is 12.9. The Hall–Kier alpha value is -2.90. The van der Waals surface area contributed by atoms with Crippen LogP contribution in [0.25, 0.3) is 10.9 Å². The molecule has 7 nitrogen and oxygen atoms in total. The smallest absolute Gasteiger partial charge is 0.344 e. The van der Waals surface area contributed by atoms with Gasteiger partial charge in [0.15, 0.2) is 0 Å². The molecular formula is C19H21FN4O3. The number of nitrogens with one attached hydrogen (secondary N) is 3. The number of carbonyl (C=O) groups excluding carboxylic acids is 3. The molecule has 1 aromatic carbocycles. The van der Waals surface area contributed by atoms with Gasteiger partial charge in [-0.1, -0.05) is 19.3 Å². The van der Waals surface area contributed by atoms with E-state index < -0.39 is 29.2 Å². The number of nitrogens with zero attached hydrogens (tertiary/aromatic N) is 1. The van der Waals surface area contributed by atoms with E-state index in [0.29, 0.717) is 23.8 Å². The molecule has 0 radical (unpaired) electrons. The maximum absolute atomic E-state index is 13.6. The molecule has 2 fully saturated rings. The summed E-state index contributed by atoms with van der Waals surface area (Å²) >= 11 is 0. The van der Waals surface area contributed by atoms with Crippen molar-refractivity contribution in [1.82, 2.24) is 20.7 Å². The molecule has 2 aliphatic rings. The molecular weight excluding hydrogens is 351 g/mol. The van der Waals surface area contributed by atoms with Crippen LogP contribution < -0.4 is 10.7 Å². The van der Waals surface area contributed by atoms with E-state index >= 15 is 0 Å². The minimum absolute atomic E-state index is 0.0701. The van der Waals surface area contributed by atoms with Crippen molar-refractivity contribution in [3.8, 4) is 0 Å². The summed E-state index contributed by atoms with van der Waals surface area (Å²) in [5.41, 5.74) is 3.65. The lowest BCUT2D eigenvalue weighted by Crippen LogP contribution is -2.51. The molecule has 1 saturated carbocycles. The quantitative estimate of drug-likeness (QED) is 0.723. The SMILES string of the molecule is Cc1[nH]c2ccc(F)cc2c1CC(=O)NN1C(=O)NC2(CCCCC2)C1=O. The van der Waals surface area contributed by atoms with Gasteiger partial charge in [-0.2, -0.15) is 5.01 Å². The van der Waals surface area contributed by atoms with Crippen molar-refractivity contribution in [3.05, 3.63) is 35.3 Å². The van der Waals surface area contributed by atoms with Crippen molar-refractivity contribution in [1.29, 1.82) is 0 Å². The highest BCUT2D eigenvalue weighted by Gasteiger charge is 2.52. The number of aromatic nitrogens is 1. The van der Waals surface area contributed by atoms with Crippen LogP contribution in [-0.2, 0) is 16.0 Å². The number of aryl methyl sites for hydroxylation is 1. The Morgan fingerprint density at radius 1 is 1.26 bits per heavy atom. The number of rotatable bonds is 3. The van der Waals surface area contributed by atoms with E-state index in [9.17, 15) is 18.8 Å². The Bertz CT molecular complexity index is 946. The van der Waals surface area contributed by atoms with Gasteiger partial charge in [0, 0.05) is 16.6 Å². The molecule has 142 valence electrons. The van der Waals surface area contributed by atoms with Crippen LogP contribution in [0.4, 0.5) is 9.18 Å². The maximum atomic E-state index is 13.6. The molecule has 2 heterocycles. The Morgan fingerprint density at radius 3 is 2.74 bits per heavy atom. The molecule has 1 aliphatic carbocycles. The molecule has 8 heteroatoms. The lowest BCUT2D eigenvalue weighted by atomic mass is 9.82. The number of fused-ring (bicyclic) bond motifs is 1. The molecule has 1 saturated heterocycles. The number of H-pyrrole nitrogens is 1. The van der Waals surface area contributed by atoms with Crippen molar-refractivity contribution >= 4 is 28.7 Å². The van der Waals surface area contributed by atoms with Gasteiger partial charge in [-0.15, -0.1) is 0 Å². The van der Waals surface area contributed by atoms with E-state index in [1.165, 1.54) is 12.1 Å². The van der Waals surface area contributed by atoms with Crippen LogP contribution in [0.2, 0.25) is 0 Å². The predicted molar refractivity (Wildman–Crippen MR) is 96.0 cm³/mol. The average molecular weight is 372 g/mol. The van der Waals surface area contributed by atoms with Crippen LogP contribution >= 0.6 is 0 Å². The highest BCUT2D eigenvalue weighted by Crippen LogP contribution is 2.33. The Balaban J connectivity index is 1.52. The molecule has 3 N–H and O–H groups in total. The number of amides is 4. The Morgan fingerprint density at radius 2 is 2.00 bits per heavy atom. The number of carbonyl (C=O) groups is 3. The molecule has 1 aliphatic heterocycles. The first-order valence-corrected chi connectivity index (χ1v) is 9.12. The van der Waals surface area contributed by atoms with Crippen molar-refractivity contribution in [2.75, 3.05) is 0 Å². The first-order valence-electron chi connectivity index (χ1n) is 9.12. The molecule has 2 aromatic rings. The van der Waals surface area contributed by atoms with E-state index in [0.717, 1.165) is 35.5 Å². The summed E-state index contributed by atoms with van der Waals surface area (Å²) in [4.78, 5) is 40.6. The maximum Gasteiger partial charge on any atom is 0.344 e. The molecule has 0 atom stereocenters. The summed E-state index contributed by atoms with van der Waals surface area (Å²) in [6.07, 6.45) is 3.88. The third kappa shape index (κ3) is 2.94. The van der Waals surface area contributed by atoms with E-state index in [-0.39, 0.29) is 6.42 Å². The van der Waals surface area contributed by atoms with E-state index in [1.54, 1.807) is 13.0 Å². The summed E-state index contributed by atoms with van der Waals surface area (Å²) in [5.74, 6) is -1.29. The highest BCUT2D eigenvalue weighted by molar-refractivity contribution is 6.08. The summed E-state index contributed by atoms with van der Waals surface area (Å²) in [5, 5.41) is 4.15. The topological polar surface area (TPSA) is 94.3 Å². The second-order valence-electron chi connectivity index (χ2n) is 7.34. The normalized spacial score (nSPS) is 19.0. The van der Waals surface area contributed by atoms with Crippen LogP contribution in [-0.4, -0.2) is 33.4 Å². The zero-order valence-electron chi connectivity index (χ0n) is 15.0. The van der Waals surface area contributed by atoms with E-state index in [1.807, 2.05) is 0 Å². The lowest BCUT2D eigenvalue weighted by Gasteiger charge is -2.30. The number of imide groups is 1. The number of benzene rings is 1. The second kappa shape index (κ2) is 6.37. The van der Waals surface area contributed by atoms with Gasteiger partial charge in [0.2, 0.25) is 5.91 Å². The fourth-order valence-electron chi connectivity index (χ4n) is 4.12. The van der Waals surface area contributed by atoms with Crippen molar-refractivity contribution in [2.24, 2.45) is 0 Å². The number of hydrogen-bond acceptors (Lipinski definition) is 3. The first kappa shape index (κ1) is 17.5. The molecule has 0 unspecified atom stereocenters. The number of hydrogen-bond donors (Lipinski definition) is 3. The molecule has 4 amide bonds. The summed E-state index contributed by atoms with van der Waals surface area (Å²) < 4.78 is 13.6. The standard InChI is InChI=1S/C19H21FN4O3/c1-11-13(14-9-12(20)5-6-15(14)21-11)10-16(25)23-24-17(26)19(22-18(24)27)7-3-2-4-8-19/h5-6,9,21H,2-4,7-8,10H2,1H3,(H,22,27)(H,23,25). The van der Waals surface area contributed by atoms with Gasteiger partial charge >= 0.3 is 6.03 Å². The van der Waals surface area contributed by atoms with Gasteiger partial charge < -0.3 is 10.3 Å². The third-order valence-electron chi connectivity index (χ3n) is 5.52. The highest BCUT2D eigenvalue weighted by atomic mass is 19.1. The second-order valence-corrected chi connectivity index (χ2v) is 7.34. The molecule has 1 aromatic heterocycles. The summed E-state index contributed by atoms with van der Waals surface area (Å²) in [7, 11) is 0. The van der Waals surface area contributed by atoms with Gasteiger partial charge in [0.25, 0.3) is 5.91 Å².